The maximum absolute atomic E-state index is 13.8. The van der Waals surface area contributed by atoms with Crippen LogP contribution < -0.4 is 10.0 Å². The Balaban J connectivity index is 0.000000271. The summed E-state index contributed by atoms with van der Waals surface area (Å²) < 4.78 is 42.7. The average Bonchev–Trinajstić information content (AvgIpc) is 3.33. The van der Waals surface area contributed by atoms with Gasteiger partial charge in [-0.3, -0.25) is 0 Å². The Morgan fingerprint density at radius 3 is 2.62 bits per heavy atom. The lowest BCUT2D eigenvalue weighted by atomic mass is 10.0. The quantitative estimate of drug-likeness (QED) is 0.469. The summed E-state index contributed by atoms with van der Waals surface area (Å²) in [5.74, 6) is -0.942. The summed E-state index contributed by atoms with van der Waals surface area (Å²) in [7, 11) is 3.39. The molecule has 1 aliphatic heterocycles. The summed E-state index contributed by atoms with van der Waals surface area (Å²) in [5, 5.41) is 13.7. The molecule has 0 bridgehead atoms. The Kier molecular flexibility index (Phi) is 8.88. The van der Waals surface area contributed by atoms with Gasteiger partial charge in [-0.25, -0.2) is 22.0 Å². The monoisotopic (exact) mass is 522 g/mol. The molecule has 1 saturated heterocycles. The number of nitrogens with one attached hydrogen (secondary N) is 2. The predicted octanol–water partition coefficient (Wildman–Crippen LogP) is 5.06. The van der Waals surface area contributed by atoms with Gasteiger partial charge in [0.05, 0.1) is 22.7 Å². The number of halogens is 3. The molecule has 1 aromatic heterocycles. The van der Waals surface area contributed by atoms with Gasteiger partial charge in [0.15, 0.2) is 11.2 Å². The third-order valence-electron chi connectivity index (χ3n) is 5.20. The van der Waals surface area contributed by atoms with Gasteiger partial charge in [0.25, 0.3) is 0 Å². The number of thiophene rings is 1. The molecular formula is C23H21ClF2N4O2S2. The summed E-state index contributed by atoms with van der Waals surface area (Å²) in [4.78, 5) is 12.1. The summed E-state index contributed by atoms with van der Waals surface area (Å²) in [6.45, 7) is 0. The van der Waals surface area contributed by atoms with E-state index in [0.29, 0.717) is 12.0 Å². The number of carbonyl (C=O) groups excluding carboxylic acids is 1. The molecule has 11 heteroatoms. The maximum atomic E-state index is 13.8. The highest BCUT2D eigenvalue weighted by molar-refractivity contribution is 7.80. The third kappa shape index (κ3) is 6.05. The number of rotatable bonds is 4. The Labute approximate surface area is 207 Å². The van der Waals surface area contributed by atoms with Crippen molar-refractivity contribution < 1.29 is 17.8 Å². The summed E-state index contributed by atoms with van der Waals surface area (Å²) in [6.07, 6.45) is 1.32. The van der Waals surface area contributed by atoms with Crippen LogP contribution in [0.5, 0.6) is 0 Å². The predicted molar refractivity (Wildman–Crippen MR) is 132 cm³/mol. The lowest BCUT2D eigenvalue weighted by Crippen LogP contribution is -2.48. The second-order valence-corrected chi connectivity index (χ2v) is 9.99. The van der Waals surface area contributed by atoms with Crippen LogP contribution in [0.1, 0.15) is 22.9 Å². The molecule has 4 rings (SSSR count). The van der Waals surface area contributed by atoms with Gasteiger partial charge in [0.1, 0.15) is 24.0 Å². The molecule has 0 radical (unpaired) electrons. The summed E-state index contributed by atoms with van der Waals surface area (Å²) >= 11 is 5.52. The minimum Gasteiger partial charge on any atom is -0.388 e. The van der Waals surface area contributed by atoms with Crippen LogP contribution in [-0.2, 0) is 16.0 Å². The van der Waals surface area contributed by atoms with Gasteiger partial charge in [-0.1, -0.05) is 17.7 Å². The fourth-order valence-corrected chi connectivity index (χ4v) is 5.46. The van der Waals surface area contributed by atoms with Crippen LogP contribution in [0.25, 0.3) is 11.1 Å². The van der Waals surface area contributed by atoms with Crippen molar-refractivity contribution >= 4 is 46.1 Å². The molecule has 1 fully saturated rings. The highest BCUT2D eigenvalue weighted by Gasteiger charge is 2.32. The SMILES string of the molecule is CN1C(C=O)CC(c2cc(-c3ccc(C#N)c(F)c3)cs2)NS1=O.CNc1ccc(F)c(Cl)c1. The first kappa shape index (κ1) is 25.9. The van der Waals surface area contributed by atoms with Crippen LogP contribution in [0.4, 0.5) is 14.5 Å². The lowest BCUT2D eigenvalue weighted by Gasteiger charge is -2.32. The van der Waals surface area contributed by atoms with E-state index in [2.05, 4.69) is 10.0 Å². The van der Waals surface area contributed by atoms with Crippen LogP contribution in [-0.4, -0.2) is 34.9 Å². The third-order valence-corrected chi connectivity index (χ3v) is 7.82. The molecule has 0 saturated carbocycles. The van der Waals surface area contributed by atoms with Crippen molar-refractivity contribution in [3.8, 4) is 17.2 Å². The highest BCUT2D eigenvalue weighted by Crippen LogP contribution is 2.34. The second kappa shape index (κ2) is 11.6. The van der Waals surface area contributed by atoms with E-state index in [1.807, 2.05) is 11.4 Å². The van der Waals surface area contributed by atoms with Crippen LogP contribution in [0.2, 0.25) is 5.02 Å². The first-order valence-corrected chi connectivity index (χ1v) is 12.4. The van der Waals surface area contributed by atoms with Gasteiger partial charge >= 0.3 is 0 Å². The Morgan fingerprint density at radius 2 is 2.00 bits per heavy atom. The molecule has 3 unspecified atom stereocenters. The molecule has 34 heavy (non-hydrogen) atoms. The molecule has 3 aromatic rings. The van der Waals surface area contributed by atoms with Crippen molar-refractivity contribution in [3.05, 3.63) is 74.9 Å². The number of nitrogens with zero attached hydrogens (tertiary/aromatic N) is 2. The number of anilines is 1. The molecule has 6 nitrogen and oxygen atoms in total. The number of likely N-dealkylation sites (N-methyl/N-ethyl adjacent to an activating group) is 1. The van der Waals surface area contributed by atoms with E-state index < -0.39 is 23.0 Å². The van der Waals surface area contributed by atoms with Crippen molar-refractivity contribution in [2.75, 3.05) is 19.4 Å². The van der Waals surface area contributed by atoms with E-state index in [-0.39, 0.29) is 22.4 Å². The Morgan fingerprint density at radius 1 is 1.24 bits per heavy atom. The van der Waals surface area contributed by atoms with Crippen molar-refractivity contribution in [1.82, 2.24) is 9.03 Å². The normalized spacial score (nSPS) is 20.1. The van der Waals surface area contributed by atoms with Crippen molar-refractivity contribution in [1.29, 1.82) is 5.26 Å². The molecule has 0 amide bonds. The molecule has 2 aromatic carbocycles. The summed E-state index contributed by atoms with van der Waals surface area (Å²) in [5.41, 5.74) is 2.32. The number of aldehydes is 1. The molecule has 2 N–H and O–H groups in total. The van der Waals surface area contributed by atoms with Gasteiger partial charge in [-0.2, -0.15) is 5.26 Å². The van der Waals surface area contributed by atoms with Crippen LogP contribution >= 0.6 is 22.9 Å². The zero-order valence-corrected chi connectivity index (χ0v) is 20.6. The maximum Gasteiger partial charge on any atom is 0.170 e. The Bertz CT molecular complexity index is 1250. The zero-order chi connectivity index (χ0) is 24.8. The number of benzene rings is 2. The standard InChI is InChI=1S/C16H14FN3O2S2.C7H7ClFN/c1-20-13(8-21)6-15(19-24(20)22)16-5-12(9-23-16)10-2-3-11(7-18)14(17)4-10;1-10-5-2-3-7(9)6(8)4-5/h2-5,8-9,13,15,19H,6H2,1H3;2-4,10H,1H3. The minimum absolute atomic E-state index is 0.00964. The molecule has 1 aliphatic rings. The fourth-order valence-electron chi connectivity index (χ4n) is 3.21. The van der Waals surface area contributed by atoms with Gasteiger partial charge < -0.3 is 10.1 Å². The van der Waals surface area contributed by atoms with E-state index in [0.717, 1.165) is 22.4 Å². The first-order chi connectivity index (χ1) is 16.3. The van der Waals surface area contributed by atoms with E-state index in [1.165, 1.54) is 39.9 Å². The van der Waals surface area contributed by atoms with E-state index >= 15 is 0 Å². The van der Waals surface area contributed by atoms with Crippen LogP contribution in [0, 0.1) is 23.0 Å². The van der Waals surface area contributed by atoms with Crippen molar-refractivity contribution in [2.24, 2.45) is 0 Å². The topological polar surface area (TPSA) is 85.2 Å². The zero-order valence-electron chi connectivity index (χ0n) is 18.2. The summed E-state index contributed by atoms with van der Waals surface area (Å²) in [6, 6.07) is 12.1. The lowest BCUT2D eigenvalue weighted by molar-refractivity contribution is -0.111. The molecule has 0 aliphatic carbocycles. The second-order valence-electron chi connectivity index (χ2n) is 7.33. The number of nitriles is 1. The fraction of sp³-hybridized carbons (Fsp3) is 0.217. The van der Waals surface area contributed by atoms with Gasteiger partial charge in [-0.15, -0.1) is 11.3 Å². The van der Waals surface area contributed by atoms with Crippen LogP contribution in [0.3, 0.4) is 0 Å². The minimum atomic E-state index is -1.43. The van der Waals surface area contributed by atoms with E-state index in [9.17, 15) is 17.8 Å². The largest absolute Gasteiger partial charge is 0.388 e. The number of hydrogen-bond donors (Lipinski definition) is 2. The van der Waals surface area contributed by atoms with Crippen molar-refractivity contribution in [3.63, 3.8) is 0 Å². The molecule has 178 valence electrons. The number of hydrogen-bond acceptors (Lipinski definition) is 5. The molecule has 3 atom stereocenters. The van der Waals surface area contributed by atoms with Gasteiger partial charge in [0, 0.05) is 24.7 Å². The first-order valence-electron chi connectivity index (χ1n) is 10.0. The van der Waals surface area contributed by atoms with Gasteiger partial charge in [0.2, 0.25) is 0 Å². The Hall–Kier alpha value is -2.68. The molecule has 0 spiro atoms. The van der Waals surface area contributed by atoms with E-state index in [4.69, 9.17) is 16.9 Å². The smallest absolute Gasteiger partial charge is 0.170 e. The van der Waals surface area contributed by atoms with Crippen molar-refractivity contribution in [2.45, 2.75) is 18.5 Å². The average molecular weight is 523 g/mol. The number of carbonyl (C=O) groups is 1. The molecule has 2 heterocycles. The highest BCUT2D eigenvalue weighted by atomic mass is 35.5. The molecular weight excluding hydrogens is 502 g/mol. The van der Waals surface area contributed by atoms with Gasteiger partial charge in [-0.05, 0) is 59.3 Å². The van der Waals surface area contributed by atoms with Crippen LogP contribution in [0.15, 0.2) is 47.8 Å². The van der Waals surface area contributed by atoms with E-state index in [1.54, 1.807) is 32.3 Å².